The Morgan fingerprint density at radius 3 is 1.21 bits per heavy atom. The highest BCUT2D eigenvalue weighted by molar-refractivity contribution is 4.79. The molecule has 1 unspecified atom stereocenters. The monoisotopic (exact) mass is 413 g/mol. The van der Waals surface area contributed by atoms with Gasteiger partial charge in [0, 0.05) is 6.42 Å². The lowest BCUT2D eigenvalue weighted by molar-refractivity contribution is -0.183. The van der Waals surface area contributed by atoms with Crippen molar-refractivity contribution in [2.45, 2.75) is 167 Å². The van der Waals surface area contributed by atoms with E-state index in [2.05, 4.69) is 13.8 Å². The smallest absolute Gasteiger partial charge is 0.178 e. The molecule has 0 spiro atoms. The first kappa shape index (κ1) is 28.9. The Morgan fingerprint density at radius 1 is 0.517 bits per heavy atom. The summed E-state index contributed by atoms with van der Waals surface area (Å²) in [5.41, 5.74) is 6.08. The molecule has 0 aromatic rings. The van der Waals surface area contributed by atoms with E-state index in [-0.39, 0.29) is 0 Å². The Labute approximate surface area is 183 Å². The fraction of sp³-hybridized carbons (Fsp3) is 1.00. The Bertz CT molecular complexity index is 320. The van der Waals surface area contributed by atoms with E-state index in [9.17, 15) is 10.2 Å². The normalized spacial score (nSPS) is 13.1. The maximum Gasteiger partial charge on any atom is 0.178 e. The summed E-state index contributed by atoms with van der Waals surface area (Å²) in [6, 6.07) is -0.505. The number of unbranched alkanes of at least 4 members (excludes halogenated alkanes) is 18. The molecule has 3 heteroatoms. The van der Waals surface area contributed by atoms with Gasteiger partial charge in [0.25, 0.3) is 0 Å². The van der Waals surface area contributed by atoms with E-state index in [1.807, 2.05) is 0 Å². The lowest BCUT2D eigenvalue weighted by Gasteiger charge is -2.28. The van der Waals surface area contributed by atoms with Crippen LogP contribution in [0.25, 0.3) is 0 Å². The van der Waals surface area contributed by atoms with Gasteiger partial charge < -0.3 is 15.9 Å². The molecule has 0 amide bonds. The predicted octanol–water partition coefficient (Wildman–Crippen LogP) is 7.62. The molecule has 0 aromatic carbocycles. The largest absolute Gasteiger partial charge is 0.364 e. The van der Waals surface area contributed by atoms with Crippen molar-refractivity contribution in [1.29, 1.82) is 0 Å². The van der Waals surface area contributed by atoms with Gasteiger partial charge in [-0.1, -0.05) is 136 Å². The molecule has 0 bridgehead atoms. The third-order valence-corrected chi connectivity index (χ3v) is 6.36. The molecule has 4 N–H and O–H groups in total. The van der Waals surface area contributed by atoms with Crippen molar-refractivity contribution in [2.24, 2.45) is 5.73 Å². The third kappa shape index (κ3) is 19.6. The summed E-state index contributed by atoms with van der Waals surface area (Å²) in [7, 11) is 0. The minimum Gasteiger partial charge on any atom is -0.364 e. The van der Waals surface area contributed by atoms with E-state index >= 15 is 0 Å². The van der Waals surface area contributed by atoms with E-state index in [0.717, 1.165) is 32.1 Å². The highest BCUT2D eigenvalue weighted by atomic mass is 16.5. The lowest BCUT2D eigenvalue weighted by atomic mass is 9.95. The molecule has 0 rings (SSSR count). The van der Waals surface area contributed by atoms with Crippen molar-refractivity contribution < 1.29 is 10.2 Å². The topological polar surface area (TPSA) is 66.5 Å². The summed E-state index contributed by atoms with van der Waals surface area (Å²) in [6.45, 7) is 4.51. The fourth-order valence-electron chi connectivity index (χ4n) is 4.14. The van der Waals surface area contributed by atoms with E-state index in [4.69, 9.17) is 5.73 Å². The summed E-state index contributed by atoms with van der Waals surface area (Å²) in [4.78, 5) is 0. The number of nitrogens with two attached hydrogens (primary N) is 1. The van der Waals surface area contributed by atoms with Crippen LogP contribution < -0.4 is 5.73 Å². The molecule has 0 aliphatic heterocycles. The van der Waals surface area contributed by atoms with Crippen LogP contribution in [-0.4, -0.2) is 22.0 Å². The predicted molar refractivity (Wildman–Crippen MR) is 128 cm³/mol. The van der Waals surface area contributed by atoms with Crippen molar-refractivity contribution in [3.63, 3.8) is 0 Å². The standard InChI is InChI=1S/C26H55NO2/c1-3-5-7-9-11-13-15-17-19-21-23-25(27)26(28,29)24-22-20-18-16-14-12-10-8-6-4-2/h25,28-29H,3-24,27H2,1-2H3. The van der Waals surface area contributed by atoms with E-state index in [0.29, 0.717) is 6.42 Å². The molecule has 0 aromatic heterocycles. The minimum atomic E-state index is -1.68. The lowest BCUT2D eigenvalue weighted by Crippen LogP contribution is -2.47. The molecule has 0 aliphatic rings. The molecule has 29 heavy (non-hydrogen) atoms. The molecular weight excluding hydrogens is 358 g/mol. The molecular formula is C26H55NO2. The zero-order valence-electron chi connectivity index (χ0n) is 20.1. The zero-order chi connectivity index (χ0) is 21.6. The van der Waals surface area contributed by atoms with Gasteiger partial charge in [0.15, 0.2) is 5.79 Å². The Morgan fingerprint density at radius 2 is 0.828 bits per heavy atom. The van der Waals surface area contributed by atoms with Crippen LogP contribution in [0.1, 0.15) is 155 Å². The van der Waals surface area contributed by atoms with Gasteiger partial charge in [-0.05, 0) is 12.8 Å². The second-order valence-corrected chi connectivity index (χ2v) is 9.39. The summed E-state index contributed by atoms with van der Waals surface area (Å²) in [6.07, 6.45) is 26.6. The van der Waals surface area contributed by atoms with Crippen LogP contribution in [0, 0.1) is 0 Å². The van der Waals surface area contributed by atoms with Crippen molar-refractivity contribution in [2.75, 3.05) is 0 Å². The zero-order valence-corrected chi connectivity index (χ0v) is 20.1. The average molecular weight is 414 g/mol. The van der Waals surface area contributed by atoms with Crippen LogP contribution in [0.3, 0.4) is 0 Å². The van der Waals surface area contributed by atoms with Gasteiger partial charge in [0.2, 0.25) is 0 Å². The number of hydrogen-bond donors (Lipinski definition) is 3. The van der Waals surface area contributed by atoms with Gasteiger partial charge in [0.1, 0.15) is 0 Å². The van der Waals surface area contributed by atoms with Gasteiger partial charge in [-0.15, -0.1) is 0 Å². The Kier molecular flexibility index (Phi) is 21.0. The molecule has 176 valence electrons. The molecule has 0 aliphatic carbocycles. The fourth-order valence-corrected chi connectivity index (χ4v) is 4.14. The van der Waals surface area contributed by atoms with Gasteiger partial charge in [-0.2, -0.15) is 0 Å². The SMILES string of the molecule is CCCCCCCCCCCCC(N)C(O)(O)CCCCCCCCCCCC. The molecule has 0 heterocycles. The first-order chi connectivity index (χ1) is 14.0. The second-order valence-electron chi connectivity index (χ2n) is 9.39. The van der Waals surface area contributed by atoms with Crippen LogP contribution in [0.5, 0.6) is 0 Å². The average Bonchev–Trinajstić information content (AvgIpc) is 2.70. The quantitative estimate of drug-likeness (QED) is 0.119. The molecule has 0 fully saturated rings. The highest BCUT2D eigenvalue weighted by Gasteiger charge is 2.30. The summed E-state index contributed by atoms with van der Waals surface area (Å²) >= 11 is 0. The Hall–Kier alpha value is -0.120. The maximum atomic E-state index is 10.3. The molecule has 0 radical (unpaired) electrons. The molecule has 0 saturated carbocycles. The highest BCUT2D eigenvalue weighted by Crippen LogP contribution is 2.21. The van der Waals surface area contributed by atoms with Crippen molar-refractivity contribution >= 4 is 0 Å². The van der Waals surface area contributed by atoms with Crippen molar-refractivity contribution in [1.82, 2.24) is 0 Å². The van der Waals surface area contributed by atoms with Crippen molar-refractivity contribution in [3.05, 3.63) is 0 Å². The number of hydrogen-bond acceptors (Lipinski definition) is 3. The van der Waals surface area contributed by atoms with Crippen molar-refractivity contribution in [3.8, 4) is 0 Å². The summed E-state index contributed by atoms with van der Waals surface area (Å²) < 4.78 is 0. The second kappa shape index (κ2) is 21.1. The van der Waals surface area contributed by atoms with Crippen LogP contribution in [0.2, 0.25) is 0 Å². The Balaban J connectivity index is 3.49. The van der Waals surface area contributed by atoms with Gasteiger partial charge in [-0.3, -0.25) is 0 Å². The first-order valence-electron chi connectivity index (χ1n) is 13.2. The molecule has 3 nitrogen and oxygen atoms in total. The summed E-state index contributed by atoms with van der Waals surface area (Å²) in [5.74, 6) is -1.68. The van der Waals surface area contributed by atoms with Crippen LogP contribution in [0.15, 0.2) is 0 Å². The molecule has 1 atom stereocenters. The van der Waals surface area contributed by atoms with Gasteiger partial charge >= 0.3 is 0 Å². The van der Waals surface area contributed by atoms with Crippen LogP contribution in [-0.2, 0) is 0 Å². The molecule has 0 saturated heterocycles. The van der Waals surface area contributed by atoms with Crippen LogP contribution in [0.4, 0.5) is 0 Å². The summed E-state index contributed by atoms with van der Waals surface area (Å²) in [5, 5.41) is 20.6. The van der Waals surface area contributed by atoms with Crippen LogP contribution >= 0.6 is 0 Å². The van der Waals surface area contributed by atoms with Gasteiger partial charge in [0.05, 0.1) is 6.04 Å². The van der Waals surface area contributed by atoms with E-state index < -0.39 is 11.8 Å². The third-order valence-electron chi connectivity index (χ3n) is 6.36. The number of aliphatic hydroxyl groups is 2. The van der Waals surface area contributed by atoms with E-state index in [1.165, 1.54) is 103 Å². The van der Waals surface area contributed by atoms with Gasteiger partial charge in [-0.25, -0.2) is 0 Å². The van der Waals surface area contributed by atoms with E-state index in [1.54, 1.807) is 0 Å². The number of rotatable bonds is 23. The first-order valence-corrected chi connectivity index (χ1v) is 13.2. The maximum absolute atomic E-state index is 10.3. The minimum absolute atomic E-state index is 0.419.